The Morgan fingerprint density at radius 2 is 2.31 bits per heavy atom. The highest BCUT2D eigenvalue weighted by molar-refractivity contribution is 5.77. The summed E-state index contributed by atoms with van der Waals surface area (Å²) in [5.41, 5.74) is 0.770. The molecule has 1 rings (SSSR count). The molecule has 0 spiro atoms. The van der Waals surface area contributed by atoms with Crippen LogP contribution in [-0.4, -0.2) is 24.2 Å². The minimum absolute atomic E-state index is 0.00881. The molecule has 0 saturated carbocycles. The van der Waals surface area contributed by atoms with E-state index in [-0.39, 0.29) is 19.1 Å². The van der Waals surface area contributed by atoms with Gasteiger partial charge in [-0.15, -0.1) is 0 Å². The topological polar surface area (TPSA) is 58.6 Å². The second-order valence-electron chi connectivity index (χ2n) is 3.44. The molecule has 0 aliphatic carbocycles. The minimum Gasteiger partial charge on any atom is -0.484 e. The largest absolute Gasteiger partial charge is 0.484 e. The van der Waals surface area contributed by atoms with E-state index in [9.17, 15) is 4.79 Å². The van der Waals surface area contributed by atoms with E-state index in [4.69, 9.17) is 9.84 Å². The number of amides is 1. The molecule has 1 aromatic rings. The summed E-state index contributed by atoms with van der Waals surface area (Å²) < 4.78 is 5.28. The van der Waals surface area contributed by atoms with Crippen LogP contribution >= 0.6 is 0 Å². The summed E-state index contributed by atoms with van der Waals surface area (Å²) in [7, 11) is 0. The number of carbonyl (C=O) groups is 1. The Morgan fingerprint density at radius 3 is 3.00 bits per heavy atom. The predicted molar refractivity (Wildman–Crippen MR) is 61.2 cm³/mol. The smallest absolute Gasteiger partial charge is 0.257 e. The van der Waals surface area contributed by atoms with E-state index in [1.54, 1.807) is 24.3 Å². The molecule has 4 nitrogen and oxygen atoms in total. The van der Waals surface area contributed by atoms with Crippen molar-refractivity contribution in [3.05, 3.63) is 29.8 Å². The van der Waals surface area contributed by atoms with Crippen LogP contribution in [0.5, 0.6) is 5.75 Å². The molecule has 2 N–H and O–H groups in total. The molecule has 0 fully saturated rings. The highest BCUT2D eigenvalue weighted by Crippen LogP contribution is 2.12. The molecule has 16 heavy (non-hydrogen) atoms. The first kappa shape index (κ1) is 12.5. The first-order chi connectivity index (χ1) is 7.76. The molecule has 0 unspecified atom stereocenters. The number of carbonyl (C=O) groups excluding carboxylic acids is 1. The van der Waals surface area contributed by atoms with Gasteiger partial charge in [0.15, 0.2) is 6.61 Å². The summed E-state index contributed by atoms with van der Waals surface area (Å²) in [5.74, 6) is 0.467. The number of benzene rings is 1. The summed E-state index contributed by atoms with van der Waals surface area (Å²) in [6.07, 6.45) is 0.908. The zero-order valence-corrected chi connectivity index (χ0v) is 9.40. The molecule has 1 aromatic carbocycles. The van der Waals surface area contributed by atoms with E-state index in [1.807, 2.05) is 6.92 Å². The van der Waals surface area contributed by atoms with Crippen molar-refractivity contribution in [1.29, 1.82) is 0 Å². The van der Waals surface area contributed by atoms with E-state index in [1.165, 1.54) is 0 Å². The van der Waals surface area contributed by atoms with Gasteiger partial charge in [0, 0.05) is 6.54 Å². The van der Waals surface area contributed by atoms with Crippen molar-refractivity contribution in [1.82, 2.24) is 5.32 Å². The highest BCUT2D eigenvalue weighted by Gasteiger charge is 2.01. The second-order valence-corrected chi connectivity index (χ2v) is 3.44. The second kappa shape index (κ2) is 6.85. The Bertz CT molecular complexity index is 339. The number of aliphatic hydroxyl groups is 1. The zero-order chi connectivity index (χ0) is 11.8. The third kappa shape index (κ3) is 4.31. The first-order valence-electron chi connectivity index (χ1n) is 5.35. The van der Waals surface area contributed by atoms with Crippen molar-refractivity contribution >= 4 is 5.91 Å². The average Bonchev–Trinajstić information content (AvgIpc) is 2.34. The SMILES string of the molecule is CCCNC(=O)COc1cccc(CO)c1. The van der Waals surface area contributed by atoms with E-state index in [0.29, 0.717) is 12.3 Å². The minimum atomic E-state index is -0.128. The standard InChI is InChI=1S/C12H17NO3/c1-2-6-13-12(15)9-16-11-5-3-4-10(7-11)8-14/h3-5,7,14H,2,6,8-9H2,1H3,(H,13,15). The molecule has 0 aromatic heterocycles. The Morgan fingerprint density at radius 1 is 1.50 bits per heavy atom. The number of ether oxygens (including phenoxy) is 1. The molecule has 1 amide bonds. The Labute approximate surface area is 95.2 Å². The zero-order valence-electron chi connectivity index (χ0n) is 9.40. The van der Waals surface area contributed by atoms with Gasteiger partial charge >= 0.3 is 0 Å². The van der Waals surface area contributed by atoms with Gasteiger partial charge in [0.05, 0.1) is 6.61 Å². The Kier molecular flexibility index (Phi) is 5.36. The molecule has 4 heteroatoms. The van der Waals surface area contributed by atoms with Crippen LogP contribution in [-0.2, 0) is 11.4 Å². The van der Waals surface area contributed by atoms with Crippen LogP contribution in [0.15, 0.2) is 24.3 Å². The monoisotopic (exact) mass is 223 g/mol. The van der Waals surface area contributed by atoms with Crippen molar-refractivity contribution < 1.29 is 14.6 Å². The van der Waals surface area contributed by atoms with Crippen LogP contribution in [0.2, 0.25) is 0 Å². The van der Waals surface area contributed by atoms with Gasteiger partial charge in [0.1, 0.15) is 5.75 Å². The lowest BCUT2D eigenvalue weighted by Gasteiger charge is -2.07. The van der Waals surface area contributed by atoms with Gasteiger partial charge < -0.3 is 15.2 Å². The number of nitrogens with one attached hydrogen (secondary N) is 1. The van der Waals surface area contributed by atoms with Gasteiger partial charge in [-0.25, -0.2) is 0 Å². The van der Waals surface area contributed by atoms with Gasteiger partial charge in [-0.05, 0) is 24.1 Å². The van der Waals surface area contributed by atoms with Crippen molar-refractivity contribution in [3.8, 4) is 5.75 Å². The molecular formula is C12H17NO3. The average molecular weight is 223 g/mol. The molecule has 0 aliphatic heterocycles. The summed E-state index contributed by atoms with van der Waals surface area (Å²) in [6.45, 7) is 2.64. The summed E-state index contributed by atoms with van der Waals surface area (Å²) in [4.78, 5) is 11.2. The molecule has 0 saturated heterocycles. The molecule has 0 radical (unpaired) electrons. The fraction of sp³-hybridized carbons (Fsp3) is 0.417. The van der Waals surface area contributed by atoms with Crippen LogP contribution in [0.3, 0.4) is 0 Å². The third-order valence-corrected chi connectivity index (χ3v) is 2.02. The third-order valence-electron chi connectivity index (χ3n) is 2.02. The lowest BCUT2D eigenvalue weighted by Crippen LogP contribution is -2.29. The lowest BCUT2D eigenvalue weighted by atomic mass is 10.2. The fourth-order valence-electron chi connectivity index (χ4n) is 1.20. The Balaban J connectivity index is 2.38. The number of hydrogen-bond acceptors (Lipinski definition) is 3. The van der Waals surface area contributed by atoms with Gasteiger partial charge in [0.2, 0.25) is 0 Å². The van der Waals surface area contributed by atoms with Crippen molar-refractivity contribution in [2.24, 2.45) is 0 Å². The quantitative estimate of drug-likeness (QED) is 0.758. The van der Waals surface area contributed by atoms with Crippen LogP contribution in [0.25, 0.3) is 0 Å². The number of aliphatic hydroxyl groups excluding tert-OH is 1. The van der Waals surface area contributed by atoms with Gasteiger partial charge in [-0.2, -0.15) is 0 Å². The summed E-state index contributed by atoms with van der Waals surface area (Å²) >= 11 is 0. The molecular weight excluding hydrogens is 206 g/mol. The van der Waals surface area contributed by atoms with Crippen LogP contribution in [0, 0.1) is 0 Å². The predicted octanol–water partition coefficient (Wildman–Crippen LogP) is 1.08. The first-order valence-corrected chi connectivity index (χ1v) is 5.35. The van der Waals surface area contributed by atoms with Crippen LogP contribution in [0.1, 0.15) is 18.9 Å². The normalized spacial score (nSPS) is 9.88. The fourth-order valence-corrected chi connectivity index (χ4v) is 1.20. The van der Waals surface area contributed by atoms with Gasteiger partial charge in [-0.1, -0.05) is 19.1 Å². The van der Waals surface area contributed by atoms with Gasteiger partial charge in [0.25, 0.3) is 5.91 Å². The van der Waals surface area contributed by atoms with E-state index < -0.39 is 0 Å². The lowest BCUT2D eigenvalue weighted by molar-refractivity contribution is -0.123. The molecule has 0 aliphatic rings. The maximum atomic E-state index is 11.2. The van der Waals surface area contributed by atoms with Crippen LogP contribution in [0.4, 0.5) is 0 Å². The van der Waals surface area contributed by atoms with Crippen LogP contribution < -0.4 is 10.1 Å². The van der Waals surface area contributed by atoms with E-state index >= 15 is 0 Å². The number of rotatable bonds is 6. The molecule has 0 bridgehead atoms. The van der Waals surface area contributed by atoms with Gasteiger partial charge in [-0.3, -0.25) is 4.79 Å². The summed E-state index contributed by atoms with van der Waals surface area (Å²) in [5, 5.41) is 11.6. The summed E-state index contributed by atoms with van der Waals surface area (Å²) in [6, 6.07) is 7.05. The van der Waals surface area contributed by atoms with Crippen molar-refractivity contribution in [2.45, 2.75) is 20.0 Å². The van der Waals surface area contributed by atoms with Crippen molar-refractivity contribution in [3.63, 3.8) is 0 Å². The van der Waals surface area contributed by atoms with E-state index in [0.717, 1.165) is 12.0 Å². The van der Waals surface area contributed by atoms with Crippen molar-refractivity contribution in [2.75, 3.05) is 13.2 Å². The molecule has 0 heterocycles. The molecule has 0 atom stereocenters. The van der Waals surface area contributed by atoms with E-state index in [2.05, 4.69) is 5.32 Å². The highest BCUT2D eigenvalue weighted by atomic mass is 16.5. The Hall–Kier alpha value is -1.55. The number of hydrogen-bond donors (Lipinski definition) is 2. The molecule has 88 valence electrons. The maximum Gasteiger partial charge on any atom is 0.257 e. The maximum absolute atomic E-state index is 11.2.